The van der Waals surface area contributed by atoms with E-state index in [1.807, 2.05) is 0 Å². The molecule has 0 radical (unpaired) electrons. The molecule has 0 spiro atoms. The van der Waals surface area contributed by atoms with Crippen molar-refractivity contribution in [1.82, 2.24) is 4.98 Å². The van der Waals surface area contributed by atoms with E-state index in [1.165, 1.54) is 0 Å². The molecule has 1 aromatic rings. The monoisotopic (exact) mass is 250 g/mol. The number of hydrogen-bond donors (Lipinski definition) is 0. The van der Waals surface area contributed by atoms with Crippen molar-refractivity contribution >= 4 is 15.9 Å². The first kappa shape index (κ1) is 9.99. The molecule has 0 aliphatic heterocycles. The predicted octanol–water partition coefficient (Wildman–Crippen LogP) is 2.79. The topological polar surface area (TPSA) is 36.7 Å². The van der Waals surface area contributed by atoms with Crippen LogP contribution in [0.3, 0.4) is 0 Å². The first-order chi connectivity index (χ1) is 6.06. The fourth-order valence-electron chi connectivity index (χ4n) is 0.712. The van der Waals surface area contributed by atoms with E-state index in [4.69, 9.17) is 5.26 Å². The first-order valence-corrected chi connectivity index (χ1v) is 3.89. The summed E-state index contributed by atoms with van der Waals surface area (Å²) in [6.45, 7) is 0. The Morgan fingerprint density at radius 3 is 2.62 bits per heavy atom. The van der Waals surface area contributed by atoms with Gasteiger partial charge in [-0.1, -0.05) is 0 Å². The molecule has 0 aliphatic carbocycles. The SMILES string of the molecule is N#Cc1nc(C(F)F)c(F)cc1Br. The predicted molar refractivity (Wildman–Crippen MR) is 41.6 cm³/mol. The number of hydrogen-bond acceptors (Lipinski definition) is 2. The van der Waals surface area contributed by atoms with Gasteiger partial charge in [0.15, 0.2) is 11.5 Å². The van der Waals surface area contributed by atoms with Crippen LogP contribution in [0.25, 0.3) is 0 Å². The van der Waals surface area contributed by atoms with Crippen molar-refractivity contribution in [3.05, 3.63) is 27.7 Å². The average Bonchev–Trinajstić information content (AvgIpc) is 2.03. The summed E-state index contributed by atoms with van der Waals surface area (Å²) in [5.74, 6) is -1.12. The van der Waals surface area contributed by atoms with E-state index in [9.17, 15) is 13.2 Å². The van der Waals surface area contributed by atoms with E-state index in [-0.39, 0.29) is 10.2 Å². The Morgan fingerprint density at radius 2 is 2.15 bits per heavy atom. The van der Waals surface area contributed by atoms with Crippen LogP contribution < -0.4 is 0 Å². The van der Waals surface area contributed by atoms with Gasteiger partial charge in [0.1, 0.15) is 11.8 Å². The molecular weight excluding hydrogens is 249 g/mol. The minimum absolute atomic E-state index is 0.0666. The molecule has 0 saturated heterocycles. The van der Waals surface area contributed by atoms with Crippen LogP contribution in [0.15, 0.2) is 10.5 Å². The molecule has 6 heteroatoms. The number of rotatable bonds is 1. The van der Waals surface area contributed by atoms with Crippen LogP contribution in [-0.4, -0.2) is 4.98 Å². The van der Waals surface area contributed by atoms with Gasteiger partial charge in [0.25, 0.3) is 6.43 Å². The number of aromatic nitrogens is 1. The molecule has 68 valence electrons. The van der Waals surface area contributed by atoms with Crippen LogP contribution in [-0.2, 0) is 0 Å². The zero-order valence-electron chi connectivity index (χ0n) is 6.06. The molecule has 0 amide bonds. The fraction of sp³-hybridized carbons (Fsp3) is 0.143. The van der Waals surface area contributed by atoms with Gasteiger partial charge in [0.2, 0.25) is 0 Å². The summed E-state index contributed by atoms with van der Waals surface area (Å²) in [5, 5.41) is 8.41. The number of halogens is 4. The second-order valence-electron chi connectivity index (χ2n) is 2.10. The maximum atomic E-state index is 12.7. The average molecular weight is 251 g/mol. The summed E-state index contributed by atoms with van der Waals surface area (Å²) in [6.07, 6.45) is -3.01. The summed E-state index contributed by atoms with van der Waals surface area (Å²) in [7, 11) is 0. The van der Waals surface area contributed by atoms with E-state index in [2.05, 4.69) is 20.9 Å². The first-order valence-electron chi connectivity index (χ1n) is 3.10. The molecule has 0 fully saturated rings. The number of nitrogens with zero attached hydrogens (tertiary/aromatic N) is 2. The normalized spacial score (nSPS) is 10.2. The zero-order valence-corrected chi connectivity index (χ0v) is 7.65. The van der Waals surface area contributed by atoms with Crippen molar-refractivity contribution < 1.29 is 13.2 Å². The van der Waals surface area contributed by atoms with E-state index >= 15 is 0 Å². The molecule has 0 unspecified atom stereocenters. The van der Waals surface area contributed by atoms with E-state index < -0.39 is 17.9 Å². The third kappa shape index (κ3) is 1.98. The maximum absolute atomic E-state index is 12.7. The van der Waals surface area contributed by atoms with Crippen molar-refractivity contribution in [3.63, 3.8) is 0 Å². The quantitative estimate of drug-likeness (QED) is 0.769. The summed E-state index contributed by atoms with van der Waals surface area (Å²) < 4.78 is 36.9. The minimum Gasteiger partial charge on any atom is -0.232 e. The van der Waals surface area contributed by atoms with E-state index in [0.717, 1.165) is 6.07 Å². The smallest absolute Gasteiger partial charge is 0.232 e. The van der Waals surface area contributed by atoms with Crippen LogP contribution in [0.2, 0.25) is 0 Å². The molecule has 0 aliphatic rings. The molecule has 0 aromatic carbocycles. The molecule has 0 N–H and O–H groups in total. The van der Waals surface area contributed by atoms with Crippen LogP contribution in [0.5, 0.6) is 0 Å². The highest BCUT2D eigenvalue weighted by molar-refractivity contribution is 9.10. The second kappa shape index (κ2) is 3.75. The van der Waals surface area contributed by atoms with Crippen LogP contribution in [0.1, 0.15) is 17.8 Å². The van der Waals surface area contributed by atoms with Gasteiger partial charge in [-0.2, -0.15) is 5.26 Å². The largest absolute Gasteiger partial charge is 0.283 e. The lowest BCUT2D eigenvalue weighted by Gasteiger charge is -2.01. The highest BCUT2D eigenvalue weighted by Gasteiger charge is 2.17. The Morgan fingerprint density at radius 1 is 1.54 bits per heavy atom. The van der Waals surface area contributed by atoms with E-state index in [0.29, 0.717) is 0 Å². The summed E-state index contributed by atoms with van der Waals surface area (Å²) >= 11 is 2.82. The molecule has 0 atom stereocenters. The van der Waals surface area contributed by atoms with Crippen molar-refractivity contribution in [2.24, 2.45) is 0 Å². The third-order valence-corrected chi connectivity index (χ3v) is 1.87. The lowest BCUT2D eigenvalue weighted by Crippen LogP contribution is -1.98. The Balaban J connectivity index is 3.33. The minimum atomic E-state index is -3.01. The molecular formula is C7H2BrF3N2. The fourth-order valence-corrected chi connectivity index (χ4v) is 1.09. The van der Waals surface area contributed by atoms with Crippen LogP contribution >= 0.6 is 15.9 Å². The third-order valence-electron chi connectivity index (χ3n) is 1.27. The number of alkyl halides is 2. The zero-order chi connectivity index (χ0) is 10.0. The van der Waals surface area contributed by atoms with Gasteiger partial charge in [-0.3, -0.25) is 0 Å². The van der Waals surface area contributed by atoms with Gasteiger partial charge in [-0.15, -0.1) is 0 Å². The highest BCUT2D eigenvalue weighted by atomic mass is 79.9. The van der Waals surface area contributed by atoms with Crippen LogP contribution in [0, 0.1) is 17.1 Å². The Bertz CT molecular complexity index is 373. The van der Waals surface area contributed by atoms with Gasteiger partial charge in [-0.25, -0.2) is 18.2 Å². The summed E-state index contributed by atoms with van der Waals surface area (Å²) in [5.41, 5.74) is -1.25. The standard InChI is InChI=1S/C7H2BrF3N2/c8-3-1-4(9)6(7(10)11)13-5(3)2-12/h1,7H. The van der Waals surface area contributed by atoms with Crippen molar-refractivity contribution in [1.29, 1.82) is 5.26 Å². The Labute approximate surface area is 80.1 Å². The molecule has 1 aromatic heterocycles. The molecule has 1 heterocycles. The summed E-state index contributed by atoms with van der Waals surface area (Å²) in [6, 6.07) is 2.36. The molecule has 1 rings (SSSR count). The number of pyridine rings is 1. The highest BCUT2D eigenvalue weighted by Crippen LogP contribution is 2.24. The molecule has 0 saturated carbocycles. The Kier molecular flexibility index (Phi) is 2.88. The van der Waals surface area contributed by atoms with Gasteiger partial charge < -0.3 is 0 Å². The lowest BCUT2D eigenvalue weighted by atomic mass is 10.3. The summed E-state index contributed by atoms with van der Waals surface area (Å²) in [4.78, 5) is 3.16. The Hall–Kier alpha value is -1.09. The van der Waals surface area contributed by atoms with Crippen molar-refractivity contribution in [2.75, 3.05) is 0 Å². The second-order valence-corrected chi connectivity index (χ2v) is 2.95. The van der Waals surface area contributed by atoms with Gasteiger partial charge >= 0.3 is 0 Å². The maximum Gasteiger partial charge on any atom is 0.283 e. The van der Waals surface area contributed by atoms with Crippen molar-refractivity contribution in [3.8, 4) is 6.07 Å². The molecule has 13 heavy (non-hydrogen) atoms. The molecule has 0 bridgehead atoms. The van der Waals surface area contributed by atoms with E-state index in [1.54, 1.807) is 6.07 Å². The van der Waals surface area contributed by atoms with Crippen LogP contribution in [0.4, 0.5) is 13.2 Å². The van der Waals surface area contributed by atoms with Gasteiger partial charge in [-0.05, 0) is 22.0 Å². The van der Waals surface area contributed by atoms with Gasteiger partial charge in [0, 0.05) is 0 Å². The molecule has 2 nitrogen and oxygen atoms in total. The number of nitriles is 1. The van der Waals surface area contributed by atoms with Crippen molar-refractivity contribution in [2.45, 2.75) is 6.43 Å². The lowest BCUT2D eigenvalue weighted by molar-refractivity contribution is 0.140. The van der Waals surface area contributed by atoms with Gasteiger partial charge in [0.05, 0.1) is 4.47 Å².